The first kappa shape index (κ1) is 10.9. The number of nitrogens with one attached hydrogen (secondary N) is 1. The number of hydrogen-bond acceptors (Lipinski definition) is 3. The zero-order valence-corrected chi connectivity index (χ0v) is 9.44. The van der Waals surface area contributed by atoms with Crippen LogP contribution in [0.1, 0.15) is 36.5 Å². The van der Waals surface area contributed by atoms with Crippen LogP contribution in [-0.4, -0.2) is 16.9 Å². The first-order valence-electron chi connectivity index (χ1n) is 5.69. The van der Waals surface area contributed by atoms with Crippen LogP contribution in [0.3, 0.4) is 0 Å². The van der Waals surface area contributed by atoms with E-state index in [9.17, 15) is 4.79 Å². The minimum Gasteiger partial charge on any atom is -0.367 e. The first-order chi connectivity index (χ1) is 7.66. The number of amides is 1. The van der Waals surface area contributed by atoms with E-state index in [2.05, 4.69) is 17.2 Å². The molecule has 1 saturated carbocycles. The number of rotatable bonds is 4. The topological polar surface area (TPSA) is 68.0 Å². The number of carbonyl (C=O) groups excluding carboxylic acids is 1. The van der Waals surface area contributed by atoms with E-state index in [1.165, 1.54) is 25.5 Å². The summed E-state index contributed by atoms with van der Waals surface area (Å²) in [5.41, 5.74) is 5.59. The Hall–Kier alpha value is -1.58. The molecule has 1 atom stereocenters. The van der Waals surface area contributed by atoms with E-state index < -0.39 is 5.91 Å². The molecule has 1 aromatic rings. The van der Waals surface area contributed by atoms with Gasteiger partial charge in [-0.05, 0) is 37.8 Å². The lowest BCUT2D eigenvalue weighted by atomic mass is 9.80. The van der Waals surface area contributed by atoms with E-state index in [1.807, 2.05) is 0 Å². The molecule has 3 N–H and O–H groups in total. The van der Waals surface area contributed by atoms with Crippen molar-refractivity contribution in [3.8, 4) is 0 Å². The molecule has 1 aromatic heterocycles. The van der Waals surface area contributed by atoms with Crippen LogP contribution in [0.2, 0.25) is 0 Å². The van der Waals surface area contributed by atoms with Crippen LogP contribution in [0.15, 0.2) is 18.3 Å². The fourth-order valence-corrected chi connectivity index (χ4v) is 1.92. The maximum Gasteiger partial charge on any atom is 0.250 e. The Bertz CT molecular complexity index is 370. The van der Waals surface area contributed by atoms with Gasteiger partial charge < -0.3 is 11.1 Å². The quantitative estimate of drug-likeness (QED) is 0.811. The molecule has 16 heavy (non-hydrogen) atoms. The molecule has 1 fully saturated rings. The standard InChI is InChI=1S/C12H17N3O/c1-8(9-3-2-4-9)15-11-6-5-10(7-14-11)12(13)16/h5-9H,2-4H2,1H3,(H2,13,16)(H,14,15). The number of nitrogens with two attached hydrogens (primary N) is 1. The smallest absolute Gasteiger partial charge is 0.250 e. The molecule has 4 heteroatoms. The molecular weight excluding hydrogens is 202 g/mol. The number of aromatic nitrogens is 1. The molecule has 1 unspecified atom stereocenters. The number of primary amides is 1. The van der Waals surface area contributed by atoms with Crippen molar-refractivity contribution in [2.24, 2.45) is 11.7 Å². The number of anilines is 1. The Balaban J connectivity index is 1.96. The molecule has 0 spiro atoms. The highest BCUT2D eigenvalue weighted by Crippen LogP contribution is 2.30. The number of hydrogen-bond donors (Lipinski definition) is 2. The lowest BCUT2D eigenvalue weighted by Crippen LogP contribution is -2.31. The van der Waals surface area contributed by atoms with E-state index in [4.69, 9.17) is 5.73 Å². The zero-order chi connectivity index (χ0) is 11.5. The van der Waals surface area contributed by atoms with Crippen molar-refractivity contribution in [2.45, 2.75) is 32.2 Å². The second kappa shape index (κ2) is 4.51. The Kier molecular flexibility index (Phi) is 3.08. The number of pyridine rings is 1. The summed E-state index contributed by atoms with van der Waals surface area (Å²) < 4.78 is 0. The van der Waals surface area contributed by atoms with E-state index in [-0.39, 0.29) is 0 Å². The van der Waals surface area contributed by atoms with E-state index >= 15 is 0 Å². The van der Waals surface area contributed by atoms with Gasteiger partial charge in [-0.25, -0.2) is 4.98 Å². The van der Waals surface area contributed by atoms with Crippen molar-refractivity contribution in [3.63, 3.8) is 0 Å². The Morgan fingerprint density at radius 1 is 1.56 bits per heavy atom. The molecule has 0 aromatic carbocycles. The van der Waals surface area contributed by atoms with Crippen LogP contribution in [0.25, 0.3) is 0 Å². The van der Waals surface area contributed by atoms with Gasteiger partial charge in [-0.3, -0.25) is 4.79 Å². The molecule has 0 aliphatic heterocycles. The normalized spacial score (nSPS) is 17.6. The van der Waals surface area contributed by atoms with Crippen LogP contribution in [0, 0.1) is 5.92 Å². The molecule has 4 nitrogen and oxygen atoms in total. The molecule has 0 saturated heterocycles. The lowest BCUT2D eigenvalue weighted by Gasteiger charge is -2.32. The minimum atomic E-state index is -0.439. The van der Waals surface area contributed by atoms with Gasteiger partial charge in [0.05, 0.1) is 5.56 Å². The van der Waals surface area contributed by atoms with Crippen LogP contribution < -0.4 is 11.1 Å². The average molecular weight is 219 g/mol. The maximum absolute atomic E-state index is 10.9. The van der Waals surface area contributed by atoms with E-state index in [0.29, 0.717) is 11.6 Å². The van der Waals surface area contributed by atoms with E-state index in [0.717, 1.165) is 11.7 Å². The van der Waals surface area contributed by atoms with Gasteiger partial charge in [0.2, 0.25) is 5.91 Å². The second-order valence-corrected chi connectivity index (χ2v) is 4.42. The van der Waals surface area contributed by atoms with Crippen LogP contribution in [-0.2, 0) is 0 Å². The van der Waals surface area contributed by atoms with Gasteiger partial charge in [-0.2, -0.15) is 0 Å². The van der Waals surface area contributed by atoms with Gasteiger partial charge in [0.1, 0.15) is 5.82 Å². The summed E-state index contributed by atoms with van der Waals surface area (Å²) >= 11 is 0. The summed E-state index contributed by atoms with van der Waals surface area (Å²) in [5, 5.41) is 3.35. The summed E-state index contributed by atoms with van der Waals surface area (Å²) in [5.74, 6) is 1.13. The van der Waals surface area contributed by atoms with Gasteiger partial charge in [0.25, 0.3) is 0 Å². The second-order valence-electron chi connectivity index (χ2n) is 4.42. The highest BCUT2D eigenvalue weighted by molar-refractivity contribution is 5.92. The van der Waals surface area contributed by atoms with Crippen LogP contribution in [0.4, 0.5) is 5.82 Å². The monoisotopic (exact) mass is 219 g/mol. The molecular formula is C12H17N3O. The fourth-order valence-electron chi connectivity index (χ4n) is 1.92. The Morgan fingerprint density at radius 3 is 2.75 bits per heavy atom. The van der Waals surface area contributed by atoms with Crippen molar-refractivity contribution in [2.75, 3.05) is 5.32 Å². The zero-order valence-electron chi connectivity index (χ0n) is 9.44. The highest BCUT2D eigenvalue weighted by Gasteiger charge is 2.23. The third kappa shape index (κ3) is 2.32. The fraction of sp³-hybridized carbons (Fsp3) is 0.500. The van der Waals surface area contributed by atoms with Gasteiger partial charge >= 0.3 is 0 Å². The largest absolute Gasteiger partial charge is 0.367 e. The molecule has 1 heterocycles. The molecule has 0 radical (unpaired) electrons. The molecule has 2 rings (SSSR count). The molecule has 0 bridgehead atoms. The van der Waals surface area contributed by atoms with Crippen molar-refractivity contribution in [1.82, 2.24) is 4.98 Å². The van der Waals surface area contributed by atoms with Gasteiger partial charge in [-0.1, -0.05) is 6.42 Å². The summed E-state index contributed by atoms with van der Waals surface area (Å²) in [6.07, 6.45) is 5.45. The average Bonchev–Trinajstić information content (AvgIpc) is 2.15. The summed E-state index contributed by atoms with van der Waals surface area (Å²) in [6, 6.07) is 3.95. The third-order valence-corrected chi connectivity index (χ3v) is 3.28. The third-order valence-electron chi connectivity index (χ3n) is 3.28. The predicted molar refractivity (Wildman–Crippen MR) is 63.2 cm³/mol. The summed E-state index contributed by atoms with van der Waals surface area (Å²) in [6.45, 7) is 2.17. The summed E-state index contributed by atoms with van der Waals surface area (Å²) in [4.78, 5) is 15.0. The molecule has 86 valence electrons. The lowest BCUT2D eigenvalue weighted by molar-refractivity contribution is 0.1000. The minimum absolute atomic E-state index is 0.439. The molecule has 1 amide bonds. The summed E-state index contributed by atoms with van der Waals surface area (Å²) in [7, 11) is 0. The maximum atomic E-state index is 10.9. The van der Waals surface area contributed by atoms with Crippen molar-refractivity contribution in [1.29, 1.82) is 0 Å². The predicted octanol–water partition coefficient (Wildman–Crippen LogP) is 1.78. The molecule has 1 aliphatic carbocycles. The van der Waals surface area contributed by atoms with Crippen LogP contribution >= 0.6 is 0 Å². The van der Waals surface area contributed by atoms with Crippen molar-refractivity contribution < 1.29 is 4.79 Å². The first-order valence-corrected chi connectivity index (χ1v) is 5.69. The van der Waals surface area contributed by atoms with Gasteiger partial charge in [-0.15, -0.1) is 0 Å². The molecule has 1 aliphatic rings. The van der Waals surface area contributed by atoms with E-state index in [1.54, 1.807) is 12.1 Å². The highest BCUT2D eigenvalue weighted by atomic mass is 16.1. The van der Waals surface area contributed by atoms with Crippen LogP contribution in [0.5, 0.6) is 0 Å². The SMILES string of the molecule is CC(Nc1ccc(C(N)=O)cn1)C1CCC1. The number of carbonyl (C=O) groups is 1. The van der Waals surface area contributed by atoms with Crippen molar-refractivity contribution >= 4 is 11.7 Å². The number of nitrogens with zero attached hydrogens (tertiary/aromatic N) is 1. The Labute approximate surface area is 95.3 Å². The van der Waals surface area contributed by atoms with Crippen molar-refractivity contribution in [3.05, 3.63) is 23.9 Å². The van der Waals surface area contributed by atoms with Gasteiger partial charge in [0.15, 0.2) is 0 Å². The van der Waals surface area contributed by atoms with Gasteiger partial charge in [0, 0.05) is 12.2 Å². The Morgan fingerprint density at radius 2 is 2.31 bits per heavy atom.